The predicted molar refractivity (Wildman–Crippen MR) is 74.3 cm³/mol. The molecular formula is C11H17FN2O3S2. The summed E-state index contributed by atoms with van der Waals surface area (Å²) in [6.07, 6.45) is 1.48. The van der Waals surface area contributed by atoms with Gasteiger partial charge in [0, 0.05) is 34.5 Å². The van der Waals surface area contributed by atoms with E-state index in [1.54, 1.807) is 13.8 Å². The third-order valence-corrected chi connectivity index (χ3v) is 5.48. The van der Waals surface area contributed by atoms with E-state index in [9.17, 15) is 17.0 Å². The lowest BCUT2D eigenvalue weighted by Gasteiger charge is -2.12. The van der Waals surface area contributed by atoms with Crippen molar-refractivity contribution in [1.82, 2.24) is 4.72 Å². The van der Waals surface area contributed by atoms with Gasteiger partial charge in [0.15, 0.2) is 0 Å². The topological polar surface area (TPSA) is 89.3 Å². The standard InChI is InChI=1S/C11H17FN2O3S2/c1-7-4-9(12)11(5-10(7)13)19(16,17)14-6-8(2)18(3)15/h4-5,8,14H,6,13H2,1-3H3. The maximum Gasteiger partial charge on any atom is 0.243 e. The fourth-order valence-corrected chi connectivity index (χ4v) is 2.94. The fraction of sp³-hybridized carbons (Fsp3) is 0.455. The molecule has 1 aromatic carbocycles. The Hall–Kier alpha value is -0.990. The molecular weight excluding hydrogens is 291 g/mol. The monoisotopic (exact) mass is 308 g/mol. The Kier molecular flexibility index (Phi) is 5.05. The first-order valence-electron chi connectivity index (χ1n) is 5.52. The van der Waals surface area contributed by atoms with Crippen LogP contribution in [0.4, 0.5) is 10.1 Å². The van der Waals surface area contributed by atoms with Gasteiger partial charge >= 0.3 is 0 Å². The lowest BCUT2D eigenvalue weighted by Crippen LogP contribution is -2.33. The molecule has 0 aliphatic heterocycles. The summed E-state index contributed by atoms with van der Waals surface area (Å²) in [7, 11) is -5.16. The summed E-state index contributed by atoms with van der Waals surface area (Å²) in [4.78, 5) is -0.496. The van der Waals surface area contributed by atoms with Crippen LogP contribution in [0.15, 0.2) is 17.0 Å². The largest absolute Gasteiger partial charge is 0.398 e. The van der Waals surface area contributed by atoms with Crippen LogP contribution in [0.25, 0.3) is 0 Å². The third-order valence-electron chi connectivity index (χ3n) is 2.74. The zero-order valence-electron chi connectivity index (χ0n) is 10.9. The highest BCUT2D eigenvalue weighted by atomic mass is 32.2. The molecule has 0 radical (unpaired) electrons. The lowest BCUT2D eigenvalue weighted by atomic mass is 10.2. The van der Waals surface area contributed by atoms with E-state index >= 15 is 0 Å². The molecule has 8 heteroatoms. The highest BCUT2D eigenvalue weighted by Crippen LogP contribution is 2.21. The van der Waals surface area contributed by atoms with E-state index in [4.69, 9.17) is 5.73 Å². The number of hydrogen-bond donors (Lipinski definition) is 2. The van der Waals surface area contributed by atoms with E-state index < -0.39 is 31.5 Å². The van der Waals surface area contributed by atoms with Crippen LogP contribution in [0, 0.1) is 12.7 Å². The number of halogens is 1. The number of aryl methyl sites for hydroxylation is 1. The summed E-state index contributed by atoms with van der Waals surface area (Å²) < 4.78 is 50.9. The SMILES string of the molecule is Cc1cc(F)c(S(=O)(=O)NCC(C)S(C)=O)cc1N. The summed E-state index contributed by atoms with van der Waals surface area (Å²) in [5.74, 6) is -0.857. The van der Waals surface area contributed by atoms with E-state index in [0.29, 0.717) is 5.56 Å². The minimum Gasteiger partial charge on any atom is -0.398 e. The smallest absolute Gasteiger partial charge is 0.243 e. The number of nitrogens with two attached hydrogens (primary N) is 1. The molecule has 0 saturated heterocycles. The van der Waals surface area contributed by atoms with E-state index in [2.05, 4.69) is 4.72 Å². The van der Waals surface area contributed by atoms with Crippen LogP contribution in [0.5, 0.6) is 0 Å². The van der Waals surface area contributed by atoms with Crippen molar-refractivity contribution >= 4 is 26.5 Å². The molecule has 0 saturated carbocycles. The Balaban J connectivity index is 3.01. The first-order valence-corrected chi connectivity index (χ1v) is 8.63. The van der Waals surface area contributed by atoms with Gasteiger partial charge in [0.05, 0.1) is 0 Å². The summed E-state index contributed by atoms with van der Waals surface area (Å²) in [6, 6.07) is 2.16. The van der Waals surface area contributed by atoms with E-state index in [1.807, 2.05) is 0 Å². The summed E-state index contributed by atoms with van der Waals surface area (Å²) in [6.45, 7) is 3.20. The van der Waals surface area contributed by atoms with E-state index in [-0.39, 0.29) is 17.5 Å². The molecule has 19 heavy (non-hydrogen) atoms. The fourth-order valence-electron chi connectivity index (χ4n) is 1.30. The van der Waals surface area contributed by atoms with Crippen LogP contribution in [-0.4, -0.2) is 30.7 Å². The number of anilines is 1. The summed E-state index contributed by atoms with van der Waals surface area (Å²) in [5, 5.41) is -0.361. The van der Waals surface area contributed by atoms with E-state index in [1.165, 1.54) is 6.26 Å². The molecule has 1 aromatic rings. The van der Waals surface area contributed by atoms with Gasteiger partial charge in [0.2, 0.25) is 10.0 Å². The van der Waals surface area contributed by atoms with Gasteiger partial charge in [-0.3, -0.25) is 4.21 Å². The normalized spacial score (nSPS) is 15.2. The van der Waals surface area contributed by atoms with Gasteiger partial charge in [-0.1, -0.05) is 0 Å². The number of rotatable bonds is 5. The molecule has 0 aliphatic carbocycles. The van der Waals surface area contributed by atoms with Gasteiger partial charge in [-0.15, -0.1) is 0 Å². The Morgan fingerprint density at radius 1 is 1.47 bits per heavy atom. The average molecular weight is 308 g/mol. The molecule has 108 valence electrons. The Labute approximate surface area is 114 Å². The van der Waals surface area contributed by atoms with E-state index in [0.717, 1.165) is 12.1 Å². The molecule has 0 aliphatic rings. The first-order chi connectivity index (χ1) is 8.65. The molecule has 0 bridgehead atoms. The zero-order valence-corrected chi connectivity index (χ0v) is 12.6. The second-order valence-electron chi connectivity index (χ2n) is 4.30. The first kappa shape index (κ1) is 16.1. The van der Waals surface area contributed by atoms with Crippen molar-refractivity contribution in [3.8, 4) is 0 Å². The van der Waals surface area contributed by atoms with Crippen LogP contribution < -0.4 is 10.5 Å². The van der Waals surface area contributed by atoms with Crippen LogP contribution in [-0.2, 0) is 20.8 Å². The molecule has 0 amide bonds. The number of nitrogen functional groups attached to an aromatic ring is 1. The van der Waals surface area contributed by atoms with Gasteiger partial charge in [-0.05, 0) is 31.5 Å². The maximum absolute atomic E-state index is 13.7. The molecule has 2 atom stereocenters. The van der Waals surface area contributed by atoms with Crippen molar-refractivity contribution in [1.29, 1.82) is 0 Å². The maximum atomic E-state index is 13.7. The molecule has 1 rings (SSSR count). The van der Waals surface area contributed by atoms with Gasteiger partial charge in [-0.25, -0.2) is 17.5 Å². The van der Waals surface area contributed by atoms with Crippen molar-refractivity contribution in [2.24, 2.45) is 0 Å². The number of benzene rings is 1. The van der Waals surface area contributed by atoms with Crippen molar-refractivity contribution in [3.05, 3.63) is 23.5 Å². The molecule has 0 heterocycles. The number of sulfonamides is 1. The molecule has 0 aromatic heterocycles. The molecule has 5 nitrogen and oxygen atoms in total. The van der Waals surface area contributed by atoms with Crippen LogP contribution >= 0.6 is 0 Å². The van der Waals surface area contributed by atoms with Crippen molar-refractivity contribution in [2.45, 2.75) is 24.0 Å². The van der Waals surface area contributed by atoms with Crippen molar-refractivity contribution < 1.29 is 17.0 Å². The predicted octanol–water partition coefficient (Wildman–Crippen LogP) is 0.762. The van der Waals surface area contributed by atoms with Gasteiger partial charge in [-0.2, -0.15) is 0 Å². The highest BCUT2D eigenvalue weighted by Gasteiger charge is 2.21. The Bertz CT molecular complexity index is 602. The summed E-state index contributed by atoms with van der Waals surface area (Å²) in [5.41, 5.74) is 6.26. The quantitative estimate of drug-likeness (QED) is 0.786. The highest BCUT2D eigenvalue weighted by molar-refractivity contribution is 7.89. The van der Waals surface area contributed by atoms with Gasteiger partial charge in [0.25, 0.3) is 0 Å². The van der Waals surface area contributed by atoms with Gasteiger partial charge in [0.1, 0.15) is 10.7 Å². The number of hydrogen-bond acceptors (Lipinski definition) is 4. The minimum absolute atomic E-state index is 0.0291. The third kappa shape index (κ3) is 3.99. The lowest BCUT2D eigenvalue weighted by molar-refractivity contribution is 0.556. The molecule has 2 unspecified atom stereocenters. The average Bonchev–Trinajstić information content (AvgIpc) is 2.30. The Morgan fingerprint density at radius 3 is 2.58 bits per heavy atom. The van der Waals surface area contributed by atoms with Gasteiger partial charge < -0.3 is 5.73 Å². The van der Waals surface area contributed by atoms with Crippen molar-refractivity contribution in [3.63, 3.8) is 0 Å². The second kappa shape index (κ2) is 5.98. The Morgan fingerprint density at radius 2 is 2.05 bits per heavy atom. The minimum atomic E-state index is -4.00. The summed E-state index contributed by atoms with van der Waals surface area (Å²) >= 11 is 0. The molecule has 0 fully saturated rings. The second-order valence-corrected chi connectivity index (χ2v) is 7.84. The van der Waals surface area contributed by atoms with Crippen LogP contribution in [0.2, 0.25) is 0 Å². The molecule has 0 spiro atoms. The molecule has 3 N–H and O–H groups in total. The van der Waals surface area contributed by atoms with Crippen LogP contribution in [0.1, 0.15) is 12.5 Å². The number of nitrogens with one attached hydrogen (secondary N) is 1. The zero-order chi connectivity index (χ0) is 14.8. The van der Waals surface area contributed by atoms with Crippen molar-refractivity contribution in [2.75, 3.05) is 18.5 Å². The van der Waals surface area contributed by atoms with Crippen LogP contribution in [0.3, 0.4) is 0 Å².